The minimum absolute atomic E-state index is 0.0260. The second-order valence-electron chi connectivity index (χ2n) is 3.58. The van der Waals surface area contributed by atoms with E-state index in [9.17, 15) is 4.79 Å². The lowest BCUT2D eigenvalue weighted by Crippen LogP contribution is -2.44. The highest BCUT2D eigenvalue weighted by Crippen LogP contribution is 2.30. The van der Waals surface area contributed by atoms with Crippen molar-refractivity contribution < 1.29 is 4.79 Å². The predicted octanol–water partition coefficient (Wildman–Crippen LogP) is 2.88. The molecule has 1 atom stereocenters. The van der Waals surface area contributed by atoms with Gasteiger partial charge in [0.2, 0.25) is 0 Å². The van der Waals surface area contributed by atoms with Crippen LogP contribution in [0.25, 0.3) is 0 Å². The molecule has 15 heavy (non-hydrogen) atoms. The number of Topliss-reactive ketones (excluding diaryl/α,β-unsaturated/α-hetero) is 1. The van der Waals surface area contributed by atoms with Crippen molar-refractivity contribution in [2.75, 3.05) is 0 Å². The Bertz CT molecular complexity index is 364. The quantitative estimate of drug-likeness (QED) is 0.856. The van der Waals surface area contributed by atoms with Crippen molar-refractivity contribution >= 4 is 17.4 Å². The van der Waals surface area contributed by atoms with Gasteiger partial charge >= 0.3 is 0 Å². The number of carbonyl (C=O) groups excluding carboxylic acids is 1. The monoisotopic (exact) mass is 225 g/mol. The second-order valence-corrected chi connectivity index (χ2v) is 3.99. The van der Waals surface area contributed by atoms with Gasteiger partial charge in [-0.3, -0.25) is 4.79 Å². The first-order valence-corrected chi connectivity index (χ1v) is 5.51. The topological polar surface area (TPSA) is 43.1 Å². The van der Waals surface area contributed by atoms with Crippen LogP contribution in [-0.4, -0.2) is 5.78 Å². The summed E-state index contributed by atoms with van der Waals surface area (Å²) in [6.45, 7) is 3.72. The van der Waals surface area contributed by atoms with Gasteiger partial charge in [0.05, 0.1) is 0 Å². The van der Waals surface area contributed by atoms with Crippen molar-refractivity contribution in [2.45, 2.75) is 32.2 Å². The largest absolute Gasteiger partial charge is 0.315 e. The molecule has 0 aromatic heterocycles. The van der Waals surface area contributed by atoms with Crippen molar-refractivity contribution in [1.82, 2.24) is 0 Å². The summed E-state index contributed by atoms with van der Waals surface area (Å²) in [5, 5.41) is 0.559. The molecule has 0 aliphatic carbocycles. The maximum atomic E-state index is 11.8. The first kappa shape index (κ1) is 12.2. The van der Waals surface area contributed by atoms with Crippen molar-refractivity contribution in [3.63, 3.8) is 0 Å². The molecule has 0 bridgehead atoms. The molecule has 0 radical (unpaired) electrons. The Labute approximate surface area is 95.4 Å². The van der Waals surface area contributed by atoms with E-state index in [1.165, 1.54) is 0 Å². The molecule has 2 N–H and O–H groups in total. The number of hydrogen-bond donors (Lipinski definition) is 1. The highest BCUT2D eigenvalue weighted by atomic mass is 35.5. The lowest BCUT2D eigenvalue weighted by molar-refractivity contribution is -0.124. The van der Waals surface area contributed by atoms with E-state index in [2.05, 4.69) is 0 Å². The van der Waals surface area contributed by atoms with Gasteiger partial charge in [-0.25, -0.2) is 0 Å². The Balaban J connectivity index is 3.23. The number of halogens is 1. The standard InChI is InChI=1S/C12H16ClNO/c1-3-11(15)12(14,4-2)9-7-5-6-8-10(9)13/h5-8H,3-4,14H2,1-2H3. The molecular weight excluding hydrogens is 210 g/mol. The maximum absolute atomic E-state index is 11.8. The van der Waals surface area contributed by atoms with E-state index in [0.29, 0.717) is 17.9 Å². The Morgan fingerprint density at radius 1 is 1.40 bits per heavy atom. The molecule has 1 rings (SSSR count). The Morgan fingerprint density at radius 2 is 2.00 bits per heavy atom. The SMILES string of the molecule is CCC(=O)C(N)(CC)c1ccccc1Cl. The van der Waals surface area contributed by atoms with Gasteiger partial charge in [-0.2, -0.15) is 0 Å². The Kier molecular flexibility index (Phi) is 3.89. The molecule has 0 heterocycles. The van der Waals surface area contributed by atoms with E-state index >= 15 is 0 Å². The number of nitrogens with two attached hydrogens (primary N) is 1. The molecule has 1 aromatic carbocycles. The molecule has 0 fully saturated rings. The highest BCUT2D eigenvalue weighted by Gasteiger charge is 2.33. The van der Waals surface area contributed by atoms with E-state index in [-0.39, 0.29) is 5.78 Å². The van der Waals surface area contributed by atoms with Crippen LogP contribution in [0.1, 0.15) is 32.3 Å². The minimum Gasteiger partial charge on any atom is -0.315 e. The molecule has 1 unspecified atom stereocenters. The highest BCUT2D eigenvalue weighted by molar-refractivity contribution is 6.31. The van der Waals surface area contributed by atoms with Gasteiger partial charge in [0.1, 0.15) is 5.54 Å². The number of rotatable bonds is 4. The van der Waals surface area contributed by atoms with Crippen LogP contribution in [0, 0.1) is 0 Å². The van der Waals surface area contributed by atoms with Gasteiger partial charge in [-0.05, 0) is 18.1 Å². The lowest BCUT2D eigenvalue weighted by atomic mass is 9.83. The second kappa shape index (κ2) is 4.77. The minimum atomic E-state index is -0.937. The van der Waals surface area contributed by atoms with Crippen molar-refractivity contribution in [2.24, 2.45) is 5.73 Å². The number of ketones is 1. The van der Waals surface area contributed by atoms with Crippen LogP contribution >= 0.6 is 11.6 Å². The summed E-state index contributed by atoms with van der Waals surface area (Å²) in [4.78, 5) is 11.8. The third kappa shape index (κ3) is 2.21. The third-order valence-corrected chi connectivity index (χ3v) is 3.06. The summed E-state index contributed by atoms with van der Waals surface area (Å²) in [6, 6.07) is 7.26. The van der Waals surface area contributed by atoms with Crippen LogP contribution in [0.4, 0.5) is 0 Å². The average molecular weight is 226 g/mol. The molecule has 0 saturated heterocycles. The van der Waals surface area contributed by atoms with E-state index < -0.39 is 5.54 Å². The summed E-state index contributed by atoms with van der Waals surface area (Å²) in [7, 11) is 0. The first-order chi connectivity index (χ1) is 7.06. The third-order valence-electron chi connectivity index (χ3n) is 2.73. The number of carbonyl (C=O) groups is 1. The number of hydrogen-bond acceptors (Lipinski definition) is 2. The van der Waals surface area contributed by atoms with Gasteiger partial charge in [0.15, 0.2) is 5.78 Å². The smallest absolute Gasteiger partial charge is 0.156 e. The van der Waals surface area contributed by atoms with Crippen LogP contribution in [0.3, 0.4) is 0 Å². The van der Waals surface area contributed by atoms with Gasteiger partial charge in [0.25, 0.3) is 0 Å². The van der Waals surface area contributed by atoms with Gasteiger partial charge in [-0.15, -0.1) is 0 Å². The normalized spacial score (nSPS) is 14.7. The van der Waals surface area contributed by atoms with E-state index in [1.807, 2.05) is 32.0 Å². The average Bonchev–Trinajstić information content (AvgIpc) is 2.27. The Morgan fingerprint density at radius 3 is 2.47 bits per heavy atom. The molecule has 0 aliphatic rings. The first-order valence-electron chi connectivity index (χ1n) is 5.13. The summed E-state index contributed by atoms with van der Waals surface area (Å²) in [5.74, 6) is 0.0260. The van der Waals surface area contributed by atoms with E-state index in [0.717, 1.165) is 5.56 Å². The summed E-state index contributed by atoms with van der Waals surface area (Å²) in [5.41, 5.74) is 5.93. The van der Waals surface area contributed by atoms with Gasteiger partial charge < -0.3 is 5.73 Å². The van der Waals surface area contributed by atoms with Crippen molar-refractivity contribution in [3.05, 3.63) is 34.9 Å². The van der Waals surface area contributed by atoms with Crippen LogP contribution in [0.5, 0.6) is 0 Å². The molecule has 3 heteroatoms. The molecule has 0 aliphatic heterocycles. The van der Waals surface area contributed by atoms with Crippen LogP contribution in [0.15, 0.2) is 24.3 Å². The molecule has 1 aromatic rings. The fraction of sp³-hybridized carbons (Fsp3) is 0.417. The van der Waals surface area contributed by atoms with E-state index in [1.54, 1.807) is 6.07 Å². The molecule has 0 saturated carbocycles. The lowest BCUT2D eigenvalue weighted by Gasteiger charge is -2.27. The predicted molar refractivity (Wildman–Crippen MR) is 62.9 cm³/mol. The zero-order valence-electron chi connectivity index (χ0n) is 9.09. The van der Waals surface area contributed by atoms with Crippen molar-refractivity contribution in [1.29, 1.82) is 0 Å². The summed E-state index contributed by atoms with van der Waals surface area (Å²) >= 11 is 6.06. The van der Waals surface area contributed by atoms with Crippen LogP contribution in [-0.2, 0) is 10.3 Å². The molecule has 0 amide bonds. The Hall–Kier alpha value is -0.860. The van der Waals surface area contributed by atoms with Crippen LogP contribution in [0.2, 0.25) is 5.02 Å². The zero-order valence-corrected chi connectivity index (χ0v) is 9.84. The maximum Gasteiger partial charge on any atom is 0.156 e. The molecule has 82 valence electrons. The summed E-state index contributed by atoms with van der Waals surface area (Å²) < 4.78 is 0. The molecule has 0 spiro atoms. The fourth-order valence-electron chi connectivity index (χ4n) is 1.68. The summed E-state index contributed by atoms with van der Waals surface area (Å²) in [6.07, 6.45) is 0.985. The van der Waals surface area contributed by atoms with E-state index in [4.69, 9.17) is 17.3 Å². The molecule has 2 nitrogen and oxygen atoms in total. The zero-order chi connectivity index (χ0) is 11.5. The molecular formula is C12H16ClNO. The van der Waals surface area contributed by atoms with Crippen LogP contribution < -0.4 is 5.73 Å². The number of benzene rings is 1. The van der Waals surface area contributed by atoms with Gasteiger partial charge in [-0.1, -0.05) is 43.6 Å². The van der Waals surface area contributed by atoms with Crippen molar-refractivity contribution in [3.8, 4) is 0 Å². The van der Waals surface area contributed by atoms with Gasteiger partial charge in [0, 0.05) is 11.4 Å². The fourth-order valence-corrected chi connectivity index (χ4v) is 1.98.